The van der Waals surface area contributed by atoms with Crippen LogP contribution in [0, 0.1) is 0 Å². The van der Waals surface area contributed by atoms with E-state index in [-0.39, 0.29) is 0 Å². The fourth-order valence-electron chi connectivity index (χ4n) is 3.01. The SMILES string of the molecule is CCCCOS(=O)Nc1ccc(Oc2cccc3ccccc23)c(CN(C)C)c1. The monoisotopic (exact) mass is 412 g/mol. The second-order valence-corrected chi connectivity index (χ2v) is 8.06. The second-order valence-electron chi connectivity index (χ2n) is 7.15. The lowest BCUT2D eigenvalue weighted by Crippen LogP contribution is -2.13. The van der Waals surface area contributed by atoms with E-state index in [4.69, 9.17) is 8.92 Å². The van der Waals surface area contributed by atoms with Crippen LogP contribution in [0.5, 0.6) is 11.5 Å². The molecule has 154 valence electrons. The summed E-state index contributed by atoms with van der Waals surface area (Å²) in [5.74, 6) is 1.59. The van der Waals surface area contributed by atoms with Crippen molar-refractivity contribution in [3.8, 4) is 11.5 Å². The van der Waals surface area contributed by atoms with Crippen LogP contribution < -0.4 is 9.46 Å². The summed E-state index contributed by atoms with van der Waals surface area (Å²) in [6, 6.07) is 19.9. The van der Waals surface area contributed by atoms with Crippen LogP contribution in [-0.2, 0) is 22.0 Å². The minimum absolute atomic E-state index is 0.475. The Morgan fingerprint density at radius 3 is 2.59 bits per heavy atom. The molecule has 0 aliphatic heterocycles. The van der Waals surface area contributed by atoms with Crippen molar-refractivity contribution in [3.63, 3.8) is 0 Å². The summed E-state index contributed by atoms with van der Waals surface area (Å²) in [5, 5.41) is 2.20. The van der Waals surface area contributed by atoms with Gasteiger partial charge in [-0.05, 0) is 50.2 Å². The number of ether oxygens (including phenoxy) is 1. The summed E-state index contributed by atoms with van der Waals surface area (Å²) in [6.45, 7) is 3.24. The number of fused-ring (bicyclic) bond motifs is 1. The highest BCUT2D eigenvalue weighted by molar-refractivity contribution is 7.81. The molecule has 0 spiro atoms. The number of anilines is 1. The van der Waals surface area contributed by atoms with E-state index in [1.165, 1.54) is 0 Å². The Hall–Kier alpha value is -2.41. The van der Waals surface area contributed by atoms with Crippen molar-refractivity contribution in [3.05, 3.63) is 66.2 Å². The Morgan fingerprint density at radius 2 is 1.79 bits per heavy atom. The summed E-state index contributed by atoms with van der Waals surface area (Å²) in [5.41, 5.74) is 1.74. The highest BCUT2D eigenvalue weighted by Gasteiger charge is 2.11. The lowest BCUT2D eigenvalue weighted by molar-refractivity contribution is 0.340. The van der Waals surface area contributed by atoms with Crippen LogP contribution in [0.15, 0.2) is 60.7 Å². The maximum atomic E-state index is 12.1. The van der Waals surface area contributed by atoms with Crippen molar-refractivity contribution in [2.75, 3.05) is 25.4 Å². The molecule has 0 aliphatic carbocycles. The first-order chi connectivity index (χ1) is 14.1. The molecule has 29 heavy (non-hydrogen) atoms. The highest BCUT2D eigenvalue weighted by Crippen LogP contribution is 2.33. The van der Waals surface area contributed by atoms with Crippen LogP contribution in [-0.4, -0.2) is 29.8 Å². The molecule has 3 aromatic rings. The predicted octanol–water partition coefficient (Wildman–Crippen LogP) is 5.50. The molecule has 1 unspecified atom stereocenters. The molecule has 0 heterocycles. The number of hydrogen-bond acceptors (Lipinski definition) is 4. The first-order valence-corrected chi connectivity index (χ1v) is 10.9. The van der Waals surface area contributed by atoms with Gasteiger partial charge in [-0.15, -0.1) is 0 Å². The average molecular weight is 413 g/mol. The van der Waals surface area contributed by atoms with Gasteiger partial charge in [-0.3, -0.25) is 8.91 Å². The fourth-order valence-corrected chi connectivity index (χ4v) is 3.66. The second kappa shape index (κ2) is 10.4. The third-order valence-corrected chi connectivity index (χ3v) is 5.19. The topological polar surface area (TPSA) is 50.8 Å². The number of benzene rings is 3. The summed E-state index contributed by atoms with van der Waals surface area (Å²) >= 11 is -1.56. The lowest BCUT2D eigenvalue weighted by atomic mass is 10.1. The van der Waals surface area contributed by atoms with Crippen molar-refractivity contribution >= 4 is 27.7 Å². The molecule has 0 aliphatic rings. The third-order valence-electron chi connectivity index (χ3n) is 4.41. The predicted molar refractivity (Wildman–Crippen MR) is 120 cm³/mol. The quantitative estimate of drug-likeness (QED) is 0.447. The number of nitrogens with zero attached hydrogens (tertiary/aromatic N) is 1. The van der Waals surface area contributed by atoms with E-state index >= 15 is 0 Å². The molecule has 1 atom stereocenters. The van der Waals surface area contributed by atoms with E-state index in [1.807, 2.05) is 56.6 Å². The Morgan fingerprint density at radius 1 is 1.00 bits per heavy atom. The van der Waals surface area contributed by atoms with Crippen molar-refractivity contribution in [1.82, 2.24) is 4.90 Å². The van der Waals surface area contributed by atoms with Crippen LogP contribution in [0.4, 0.5) is 5.69 Å². The van der Waals surface area contributed by atoms with Gasteiger partial charge in [0, 0.05) is 23.2 Å². The molecule has 3 aromatic carbocycles. The maximum Gasteiger partial charge on any atom is 0.261 e. The average Bonchev–Trinajstić information content (AvgIpc) is 2.70. The Bertz CT molecular complexity index is 970. The van der Waals surface area contributed by atoms with Crippen molar-refractivity contribution in [2.45, 2.75) is 26.3 Å². The largest absolute Gasteiger partial charge is 0.456 e. The number of rotatable bonds is 10. The molecule has 3 rings (SSSR count). The van der Waals surface area contributed by atoms with Crippen LogP contribution in [0.3, 0.4) is 0 Å². The minimum Gasteiger partial charge on any atom is -0.456 e. The van der Waals surface area contributed by atoms with Gasteiger partial charge >= 0.3 is 0 Å². The van der Waals surface area contributed by atoms with Gasteiger partial charge in [-0.1, -0.05) is 49.7 Å². The molecule has 0 amide bonds. The molecule has 1 N–H and O–H groups in total. The summed E-state index contributed by atoms with van der Waals surface area (Å²) in [6.07, 6.45) is 1.89. The van der Waals surface area contributed by atoms with Gasteiger partial charge in [0.05, 0.1) is 6.61 Å². The van der Waals surface area contributed by atoms with E-state index in [1.54, 1.807) is 0 Å². The number of hydrogen-bond donors (Lipinski definition) is 1. The van der Waals surface area contributed by atoms with Gasteiger partial charge in [0.2, 0.25) is 0 Å². The van der Waals surface area contributed by atoms with Crippen molar-refractivity contribution < 1.29 is 13.1 Å². The Kier molecular flexibility index (Phi) is 7.63. The molecule has 0 saturated heterocycles. The first-order valence-electron chi connectivity index (χ1n) is 9.82. The highest BCUT2D eigenvalue weighted by atomic mass is 32.2. The summed E-state index contributed by atoms with van der Waals surface area (Å²) < 4.78 is 26.6. The Balaban J connectivity index is 1.83. The molecule has 5 nitrogen and oxygen atoms in total. The van der Waals surface area contributed by atoms with Gasteiger partial charge in [0.25, 0.3) is 11.3 Å². The maximum absolute atomic E-state index is 12.1. The van der Waals surface area contributed by atoms with Crippen LogP contribution in [0.1, 0.15) is 25.3 Å². The number of unbranched alkanes of at least 4 members (excludes halogenated alkanes) is 1. The molecule has 0 aromatic heterocycles. The van der Waals surface area contributed by atoms with E-state index in [2.05, 4.69) is 34.7 Å². The van der Waals surface area contributed by atoms with E-state index in [0.717, 1.165) is 46.4 Å². The smallest absolute Gasteiger partial charge is 0.261 e. The molecule has 0 radical (unpaired) electrons. The van der Waals surface area contributed by atoms with E-state index in [0.29, 0.717) is 13.2 Å². The Labute approximate surface area is 175 Å². The third kappa shape index (κ3) is 6.03. The molecule has 0 saturated carbocycles. The lowest BCUT2D eigenvalue weighted by Gasteiger charge is -2.17. The normalized spacial score (nSPS) is 12.3. The van der Waals surface area contributed by atoms with E-state index in [9.17, 15) is 4.21 Å². The van der Waals surface area contributed by atoms with Gasteiger partial charge in [0.1, 0.15) is 11.5 Å². The van der Waals surface area contributed by atoms with Gasteiger partial charge < -0.3 is 9.64 Å². The van der Waals surface area contributed by atoms with Gasteiger partial charge in [-0.25, -0.2) is 4.21 Å². The summed E-state index contributed by atoms with van der Waals surface area (Å²) in [4.78, 5) is 2.07. The van der Waals surface area contributed by atoms with E-state index < -0.39 is 11.3 Å². The molecule has 0 fully saturated rings. The molecular weight excluding hydrogens is 384 g/mol. The van der Waals surface area contributed by atoms with Crippen LogP contribution in [0.2, 0.25) is 0 Å². The zero-order valence-corrected chi connectivity index (χ0v) is 18.0. The molecule has 6 heteroatoms. The van der Waals surface area contributed by atoms with Crippen molar-refractivity contribution in [1.29, 1.82) is 0 Å². The fraction of sp³-hybridized carbons (Fsp3) is 0.304. The molecule has 0 bridgehead atoms. The number of nitrogens with one attached hydrogen (secondary N) is 1. The van der Waals surface area contributed by atoms with Gasteiger partial charge in [0.15, 0.2) is 0 Å². The van der Waals surface area contributed by atoms with Crippen molar-refractivity contribution in [2.24, 2.45) is 0 Å². The van der Waals surface area contributed by atoms with Crippen LogP contribution >= 0.6 is 0 Å². The zero-order chi connectivity index (χ0) is 20.6. The first kappa shape index (κ1) is 21.3. The molecular formula is C23H28N2O3S. The summed E-state index contributed by atoms with van der Waals surface area (Å²) in [7, 11) is 4.02. The van der Waals surface area contributed by atoms with Crippen LogP contribution in [0.25, 0.3) is 10.8 Å². The standard InChI is InChI=1S/C23H28N2O3S/c1-4-5-15-27-29(26)24-20-13-14-22(19(16-20)17-25(2)3)28-23-12-8-10-18-9-6-7-11-21(18)23/h6-14,16,24H,4-5,15,17H2,1-3H3. The minimum atomic E-state index is -1.56. The van der Waals surface area contributed by atoms with Gasteiger partial charge in [-0.2, -0.15) is 0 Å². The zero-order valence-electron chi connectivity index (χ0n) is 17.2.